The van der Waals surface area contributed by atoms with Crippen LogP contribution in [0.2, 0.25) is 0 Å². The summed E-state index contributed by atoms with van der Waals surface area (Å²) in [5, 5.41) is 21.6. The Morgan fingerprint density at radius 2 is 1.55 bits per heavy atom. The summed E-state index contributed by atoms with van der Waals surface area (Å²) in [6.45, 7) is 1.93. The second kappa shape index (κ2) is 7.73. The molecular formula is C25H18N6. The van der Waals surface area contributed by atoms with Crippen LogP contribution in [0.25, 0.3) is 16.7 Å². The van der Waals surface area contributed by atoms with Crippen LogP contribution >= 0.6 is 0 Å². The maximum Gasteiger partial charge on any atom is 0.157 e. The number of aromatic nitrogens is 2. The number of fused-ring (bicyclic) bond motifs is 3. The zero-order valence-electron chi connectivity index (χ0n) is 16.8. The number of nitriles is 1. The molecule has 0 saturated carbocycles. The number of anilines is 2. The first kappa shape index (κ1) is 18.5. The first-order valence-corrected chi connectivity index (χ1v) is 9.88. The van der Waals surface area contributed by atoms with Crippen LogP contribution < -0.4 is 5.32 Å². The molecule has 5 rings (SSSR count). The Morgan fingerprint density at radius 1 is 0.871 bits per heavy atom. The summed E-state index contributed by atoms with van der Waals surface area (Å²) in [5.74, 6) is 0.846. The molecule has 0 bridgehead atoms. The van der Waals surface area contributed by atoms with Gasteiger partial charge in [0, 0.05) is 5.69 Å². The molecule has 0 spiro atoms. The van der Waals surface area contributed by atoms with E-state index >= 15 is 0 Å². The highest BCUT2D eigenvalue weighted by atomic mass is 15.1. The number of imidazole rings is 1. The molecule has 5 aromatic rings. The van der Waals surface area contributed by atoms with Gasteiger partial charge in [0.1, 0.15) is 11.9 Å². The van der Waals surface area contributed by atoms with E-state index in [2.05, 4.69) is 26.6 Å². The normalized spacial score (nSPS) is 11.2. The van der Waals surface area contributed by atoms with E-state index in [0.29, 0.717) is 11.2 Å². The Bertz CT molecular complexity index is 1460. The van der Waals surface area contributed by atoms with Gasteiger partial charge in [-0.1, -0.05) is 30.3 Å². The van der Waals surface area contributed by atoms with Crippen molar-refractivity contribution in [2.45, 2.75) is 6.92 Å². The van der Waals surface area contributed by atoms with E-state index in [1.54, 1.807) is 0 Å². The lowest BCUT2D eigenvalue weighted by Crippen LogP contribution is -2.01. The predicted molar refractivity (Wildman–Crippen MR) is 122 cm³/mol. The van der Waals surface area contributed by atoms with Crippen LogP contribution in [-0.4, -0.2) is 9.38 Å². The maximum absolute atomic E-state index is 9.64. The van der Waals surface area contributed by atoms with Crippen LogP contribution in [0.1, 0.15) is 11.1 Å². The Labute approximate surface area is 179 Å². The molecule has 0 amide bonds. The minimum absolute atomic E-state index is 0.582. The van der Waals surface area contributed by atoms with E-state index in [-0.39, 0.29) is 0 Å². The zero-order chi connectivity index (χ0) is 21.2. The summed E-state index contributed by atoms with van der Waals surface area (Å²) in [7, 11) is 0. The van der Waals surface area contributed by atoms with Crippen LogP contribution in [0.5, 0.6) is 0 Å². The molecule has 6 nitrogen and oxygen atoms in total. The van der Waals surface area contributed by atoms with Gasteiger partial charge in [0.2, 0.25) is 0 Å². The number of hydrogen-bond acceptors (Lipinski definition) is 5. The molecule has 2 heterocycles. The van der Waals surface area contributed by atoms with Crippen molar-refractivity contribution in [3.8, 4) is 6.07 Å². The van der Waals surface area contributed by atoms with Crippen molar-refractivity contribution in [3.63, 3.8) is 0 Å². The third-order valence-corrected chi connectivity index (χ3v) is 5.06. The Hall–Kier alpha value is -4.50. The molecule has 148 valence electrons. The highest BCUT2D eigenvalue weighted by molar-refractivity contribution is 5.85. The third-order valence-electron chi connectivity index (χ3n) is 5.06. The van der Waals surface area contributed by atoms with Gasteiger partial charge < -0.3 is 5.32 Å². The number of nitrogens with zero attached hydrogens (tertiary/aromatic N) is 5. The van der Waals surface area contributed by atoms with Gasteiger partial charge in [-0.05, 0) is 67.1 Å². The maximum atomic E-state index is 9.64. The van der Waals surface area contributed by atoms with Gasteiger partial charge in [0.25, 0.3) is 0 Å². The lowest BCUT2D eigenvalue weighted by Gasteiger charge is -2.12. The third kappa shape index (κ3) is 3.49. The molecule has 3 aromatic carbocycles. The molecule has 0 atom stereocenters. The van der Waals surface area contributed by atoms with Crippen LogP contribution in [0.15, 0.2) is 95.2 Å². The number of nitrogens with one attached hydrogen (secondary N) is 1. The predicted octanol–water partition coefficient (Wildman–Crippen LogP) is 6.83. The van der Waals surface area contributed by atoms with E-state index in [9.17, 15) is 5.26 Å². The fraction of sp³-hybridized carbons (Fsp3) is 0.0400. The number of hydrogen-bond donors (Lipinski definition) is 1. The highest BCUT2D eigenvalue weighted by Gasteiger charge is 2.15. The van der Waals surface area contributed by atoms with Crippen LogP contribution in [0, 0.1) is 18.3 Å². The Balaban J connectivity index is 1.51. The van der Waals surface area contributed by atoms with E-state index in [1.165, 1.54) is 0 Å². The van der Waals surface area contributed by atoms with Gasteiger partial charge in [0.05, 0.1) is 28.0 Å². The van der Waals surface area contributed by atoms with Crippen molar-refractivity contribution in [2.24, 2.45) is 10.2 Å². The van der Waals surface area contributed by atoms with E-state index in [0.717, 1.165) is 39.5 Å². The lowest BCUT2D eigenvalue weighted by molar-refractivity contribution is 1.19. The van der Waals surface area contributed by atoms with E-state index in [1.807, 2.05) is 96.3 Å². The minimum atomic E-state index is 0.582. The molecule has 0 unspecified atom stereocenters. The van der Waals surface area contributed by atoms with Crippen molar-refractivity contribution in [1.82, 2.24) is 9.38 Å². The second-order valence-corrected chi connectivity index (χ2v) is 7.17. The number of pyridine rings is 1. The molecule has 0 aliphatic rings. The topological polar surface area (TPSA) is 77.8 Å². The van der Waals surface area contributed by atoms with Gasteiger partial charge in [-0.3, -0.25) is 4.40 Å². The molecular weight excluding hydrogens is 384 g/mol. The molecule has 0 radical (unpaired) electrons. The molecule has 0 aliphatic heterocycles. The van der Waals surface area contributed by atoms with Crippen molar-refractivity contribution in [2.75, 3.05) is 5.32 Å². The van der Waals surface area contributed by atoms with Crippen molar-refractivity contribution >= 4 is 39.6 Å². The highest BCUT2D eigenvalue weighted by Crippen LogP contribution is 2.29. The van der Waals surface area contributed by atoms with Crippen molar-refractivity contribution in [3.05, 3.63) is 96.1 Å². The minimum Gasteiger partial charge on any atom is -0.341 e. The molecule has 0 saturated heterocycles. The average Bonchev–Trinajstić information content (AvgIpc) is 3.19. The van der Waals surface area contributed by atoms with Gasteiger partial charge in [-0.25, -0.2) is 4.98 Å². The van der Waals surface area contributed by atoms with Crippen LogP contribution in [0.3, 0.4) is 0 Å². The lowest BCUT2D eigenvalue weighted by atomic mass is 10.1. The SMILES string of the molecule is Cc1cc(Nc2ccc(N=Nc3ccccc3)cc2)n2c(nc3ccccc32)c1C#N. The summed E-state index contributed by atoms with van der Waals surface area (Å²) in [6.07, 6.45) is 0. The Morgan fingerprint density at radius 3 is 2.29 bits per heavy atom. The number of para-hydroxylation sites is 2. The summed E-state index contributed by atoms with van der Waals surface area (Å²) >= 11 is 0. The van der Waals surface area contributed by atoms with Crippen molar-refractivity contribution in [1.29, 1.82) is 5.26 Å². The van der Waals surface area contributed by atoms with Crippen LogP contribution in [-0.2, 0) is 0 Å². The average molecular weight is 402 g/mol. The smallest absolute Gasteiger partial charge is 0.157 e. The first-order chi connectivity index (χ1) is 15.2. The molecule has 2 aromatic heterocycles. The number of benzene rings is 3. The van der Waals surface area contributed by atoms with Gasteiger partial charge in [-0.2, -0.15) is 15.5 Å². The van der Waals surface area contributed by atoms with E-state index < -0.39 is 0 Å². The van der Waals surface area contributed by atoms with Gasteiger partial charge in [0.15, 0.2) is 5.65 Å². The Kier molecular flexibility index (Phi) is 4.62. The molecule has 6 heteroatoms. The molecule has 0 aliphatic carbocycles. The second-order valence-electron chi connectivity index (χ2n) is 7.17. The van der Waals surface area contributed by atoms with Gasteiger partial charge >= 0.3 is 0 Å². The summed E-state index contributed by atoms with van der Waals surface area (Å²) in [6, 6.07) is 29.5. The zero-order valence-corrected chi connectivity index (χ0v) is 16.8. The van der Waals surface area contributed by atoms with Gasteiger partial charge in [-0.15, -0.1) is 0 Å². The fourth-order valence-electron chi connectivity index (χ4n) is 3.56. The molecule has 1 N–H and O–H groups in total. The van der Waals surface area contributed by atoms with Crippen LogP contribution in [0.4, 0.5) is 22.9 Å². The van der Waals surface area contributed by atoms with E-state index in [4.69, 9.17) is 0 Å². The quantitative estimate of drug-likeness (QED) is 0.335. The summed E-state index contributed by atoms with van der Waals surface area (Å²) in [5.41, 5.74) is 6.39. The molecule has 31 heavy (non-hydrogen) atoms. The number of azo groups is 1. The number of rotatable bonds is 4. The fourth-order valence-corrected chi connectivity index (χ4v) is 3.56. The first-order valence-electron chi connectivity index (χ1n) is 9.88. The van der Waals surface area contributed by atoms with Crippen molar-refractivity contribution < 1.29 is 0 Å². The largest absolute Gasteiger partial charge is 0.341 e. The monoisotopic (exact) mass is 402 g/mol. The summed E-state index contributed by atoms with van der Waals surface area (Å²) in [4.78, 5) is 4.69. The molecule has 0 fully saturated rings. The number of aryl methyl sites for hydroxylation is 1. The standard InChI is InChI=1S/C25H18N6/c1-17-15-24(31-23-10-6-5-9-22(23)28-25(31)21(17)16-26)27-18-11-13-20(14-12-18)30-29-19-7-3-2-4-8-19/h2-15,27H,1H3. The summed E-state index contributed by atoms with van der Waals surface area (Å²) < 4.78 is 1.99.